The lowest BCUT2D eigenvalue weighted by atomic mass is 10.1. The first-order valence-electron chi connectivity index (χ1n) is 5.99. The Labute approximate surface area is 118 Å². The highest BCUT2D eigenvalue weighted by Gasteiger charge is 2.08. The van der Waals surface area contributed by atoms with Gasteiger partial charge >= 0.3 is 0 Å². The second-order valence-corrected chi connectivity index (χ2v) is 5.16. The lowest BCUT2D eigenvalue weighted by Gasteiger charge is -2.15. The molecule has 0 bridgehead atoms. The van der Waals surface area contributed by atoms with Crippen molar-refractivity contribution in [3.63, 3.8) is 0 Å². The van der Waals surface area contributed by atoms with Crippen LogP contribution < -0.4 is 15.8 Å². The van der Waals surface area contributed by atoms with Gasteiger partial charge in [0.1, 0.15) is 5.75 Å². The standard InChI is InChI=1S/C13H21N3O2S/c1-9(8-19-3)15-7-11-6-10(13(14)16-17)4-5-12(11)18-2/h4-6,9,15,17H,7-8H2,1-3H3,(H2,14,16). The molecule has 0 saturated heterocycles. The van der Waals surface area contributed by atoms with Crippen LogP contribution in [-0.2, 0) is 6.54 Å². The molecule has 1 unspecified atom stereocenters. The zero-order valence-electron chi connectivity index (χ0n) is 11.5. The molecule has 1 rings (SSSR count). The highest BCUT2D eigenvalue weighted by Crippen LogP contribution is 2.20. The van der Waals surface area contributed by atoms with Crippen LogP contribution in [-0.4, -0.2) is 36.2 Å². The molecule has 0 aromatic heterocycles. The van der Waals surface area contributed by atoms with Gasteiger partial charge < -0.3 is 21.0 Å². The summed E-state index contributed by atoms with van der Waals surface area (Å²) in [5.41, 5.74) is 7.26. The van der Waals surface area contributed by atoms with E-state index in [0.29, 0.717) is 18.2 Å². The molecule has 1 aromatic rings. The predicted octanol–water partition coefficient (Wildman–Crippen LogP) is 1.63. The van der Waals surface area contributed by atoms with E-state index in [1.165, 1.54) is 0 Å². The maximum atomic E-state index is 8.71. The predicted molar refractivity (Wildman–Crippen MR) is 80.2 cm³/mol. The fourth-order valence-electron chi connectivity index (χ4n) is 1.73. The first-order chi connectivity index (χ1) is 9.12. The number of methoxy groups -OCH3 is 1. The molecule has 106 valence electrons. The Kier molecular flexibility index (Phi) is 6.52. The molecule has 4 N–H and O–H groups in total. The van der Waals surface area contributed by atoms with Gasteiger partial charge in [0, 0.05) is 29.5 Å². The molecule has 1 aromatic carbocycles. The summed E-state index contributed by atoms with van der Waals surface area (Å²) in [6.45, 7) is 2.81. The summed E-state index contributed by atoms with van der Waals surface area (Å²) >= 11 is 1.80. The van der Waals surface area contributed by atoms with Gasteiger partial charge in [-0.2, -0.15) is 11.8 Å². The van der Waals surface area contributed by atoms with Crippen LogP contribution in [0.5, 0.6) is 5.75 Å². The van der Waals surface area contributed by atoms with Crippen molar-refractivity contribution in [2.24, 2.45) is 10.9 Å². The van der Waals surface area contributed by atoms with Crippen molar-refractivity contribution in [2.75, 3.05) is 19.1 Å². The van der Waals surface area contributed by atoms with E-state index in [1.54, 1.807) is 24.9 Å². The van der Waals surface area contributed by atoms with E-state index in [9.17, 15) is 0 Å². The van der Waals surface area contributed by atoms with Crippen molar-refractivity contribution in [3.8, 4) is 5.75 Å². The zero-order chi connectivity index (χ0) is 14.3. The van der Waals surface area contributed by atoms with Crippen LogP contribution in [0.4, 0.5) is 0 Å². The Bertz CT molecular complexity index is 438. The summed E-state index contributed by atoms with van der Waals surface area (Å²) in [6, 6.07) is 5.87. The van der Waals surface area contributed by atoms with Gasteiger partial charge in [0.2, 0.25) is 0 Å². The van der Waals surface area contributed by atoms with Gasteiger partial charge in [0.15, 0.2) is 5.84 Å². The Balaban J connectivity index is 2.84. The van der Waals surface area contributed by atoms with Crippen LogP contribution in [0.25, 0.3) is 0 Å². The largest absolute Gasteiger partial charge is 0.496 e. The smallest absolute Gasteiger partial charge is 0.170 e. The van der Waals surface area contributed by atoms with Crippen LogP contribution in [0.1, 0.15) is 18.1 Å². The van der Waals surface area contributed by atoms with Gasteiger partial charge in [-0.05, 0) is 31.4 Å². The molecule has 5 nitrogen and oxygen atoms in total. The lowest BCUT2D eigenvalue weighted by Crippen LogP contribution is -2.28. The molecule has 0 aliphatic rings. The summed E-state index contributed by atoms with van der Waals surface area (Å²) in [6.07, 6.45) is 2.08. The van der Waals surface area contributed by atoms with E-state index >= 15 is 0 Å². The highest BCUT2D eigenvalue weighted by atomic mass is 32.2. The topological polar surface area (TPSA) is 79.9 Å². The third-order valence-corrected chi connectivity index (χ3v) is 3.57. The quantitative estimate of drug-likeness (QED) is 0.307. The van der Waals surface area contributed by atoms with Crippen molar-refractivity contribution >= 4 is 17.6 Å². The van der Waals surface area contributed by atoms with E-state index in [0.717, 1.165) is 17.1 Å². The number of nitrogens with two attached hydrogens (primary N) is 1. The summed E-state index contributed by atoms with van der Waals surface area (Å²) in [5.74, 6) is 1.93. The molecule has 0 radical (unpaired) electrons. The Morgan fingerprint density at radius 2 is 2.32 bits per heavy atom. The van der Waals surface area contributed by atoms with Crippen molar-refractivity contribution in [2.45, 2.75) is 19.5 Å². The van der Waals surface area contributed by atoms with Crippen molar-refractivity contribution in [1.82, 2.24) is 5.32 Å². The molecule has 0 amide bonds. The number of hydrogen-bond acceptors (Lipinski definition) is 5. The maximum Gasteiger partial charge on any atom is 0.170 e. The van der Waals surface area contributed by atoms with Gasteiger partial charge in [-0.1, -0.05) is 5.16 Å². The van der Waals surface area contributed by atoms with Gasteiger partial charge in [0.25, 0.3) is 0 Å². The SMILES string of the molecule is COc1ccc(/C(N)=N/O)cc1CNC(C)CSC. The third kappa shape index (κ3) is 4.65. The maximum absolute atomic E-state index is 8.71. The summed E-state index contributed by atoms with van der Waals surface area (Å²) in [5, 5.41) is 15.1. The number of nitrogens with zero attached hydrogens (tertiary/aromatic N) is 1. The normalized spacial score (nSPS) is 13.3. The molecule has 6 heteroatoms. The third-order valence-electron chi connectivity index (χ3n) is 2.74. The van der Waals surface area contributed by atoms with Crippen molar-refractivity contribution in [1.29, 1.82) is 0 Å². The molecular formula is C13H21N3O2S. The average molecular weight is 283 g/mol. The van der Waals surface area contributed by atoms with Crippen LogP contribution in [0.2, 0.25) is 0 Å². The molecule has 0 saturated carbocycles. The Hall–Kier alpha value is -1.40. The lowest BCUT2D eigenvalue weighted by molar-refractivity contribution is 0.318. The van der Waals surface area contributed by atoms with Gasteiger partial charge in [0.05, 0.1) is 7.11 Å². The number of oxime groups is 1. The summed E-state index contributed by atoms with van der Waals surface area (Å²) in [4.78, 5) is 0. The molecule has 0 aliphatic heterocycles. The molecule has 0 aliphatic carbocycles. The molecule has 0 spiro atoms. The zero-order valence-corrected chi connectivity index (χ0v) is 12.3. The average Bonchev–Trinajstić information content (AvgIpc) is 2.44. The van der Waals surface area contributed by atoms with Crippen LogP contribution in [0.3, 0.4) is 0 Å². The molecule has 0 fully saturated rings. The van der Waals surface area contributed by atoms with E-state index in [-0.39, 0.29) is 5.84 Å². The van der Waals surface area contributed by atoms with Crippen LogP contribution in [0, 0.1) is 0 Å². The minimum Gasteiger partial charge on any atom is -0.496 e. The van der Waals surface area contributed by atoms with Gasteiger partial charge in [-0.15, -0.1) is 0 Å². The first-order valence-corrected chi connectivity index (χ1v) is 7.38. The van der Waals surface area contributed by atoms with Crippen LogP contribution in [0.15, 0.2) is 23.4 Å². The summed E-state index contributed by atoms with van der Waals surface area (Å²) < 4.78 is 5.32. The molecule has 19 heavy (non-hydrogen) atoms. The van der Waals surface area contributed by atoms with E-state index in [2.05, 4.69) is 23.7 Å². The number of nitrogens with one attached hydrogen (secondary N) is 1. The summed E-state index contributed by atoms with van der Waals surface area (Å²) in [7, 11) is 1.63. The van der Waals surface area contributed by atoms with E-state index in [4.69, 9.17) is 15.7 Å². The monoisotopic (exact) mass is 283 g/mol. The van der Waals surface area contributed by atoms with Crippen molar-refractivity contribution in [3.05, 3.63) is 29.3 Å². The number of benzene rings is 1. The number of amidine groups is 1. The second-order valence-electron chi connectivity index (χ2n) is 4.25. The fraction of sp³-hybridized carbons (Fsp3) is 0.462. The Morgan fingerprint density at radius 3 is 2.89 bits per heavy atom. The molecule has 1 atom stereocenters. The Morgan fingerprint density at radius 1 is 1.58 bits per heavy atom. The number of ether oxygens (including phenoxy) is 1. The molecular weight excluding hydrogens is 262 g/mol. The fourth-order valence-corrected chi connectivity index (χ4v) is 2.34. The first kappa shape index (κ1) is 15.7. The molecule has 0 heterocycles. The van der Waals surface area contributed by atoms with Crippen LogP contribution >= 0.6 is 11.8 Å². The highest BCUT2D eigenvalue weighted by molar-refractivity contribution is 7.98. The number of rotatable bonds is 7. The van der Waals surface area contributed by atoms with Crippen molar-refractivity contribution < 1.29 is 9.94 Å². The van der Waals surface area contributed by atoms with Gasteiger partial charge in [-0.3, -0.25) is 0 Å². The van der Waals surface area contributed by atoms with Gasteiger partial charge in [-0.25, -0.2) is 0 Å². The van der Waals surface area contributed by atoms with E-state index < -0.39 is 0 Å². The second kappa shape index (κ2) is 7.91. The minimum absolute atomic E-state index is 0.0982. The number of hydrogen-bond donors (Lipinski definition) is 3. The minimum atomic E-state index is 0.0982. The van der Waals surface area contributed by atoms with E-state index in [1.807, 2.05) is 12.1 Å². The number of thioether (sulfide) groups is 1.